The summed E-state index contributed by atoms with van der Waals surface area (Å²) in [4.78, 5) is 44.4. The lowest BCUT2D eigenvalue weighted by atomic mass is 10.0. The molecule has 2 amide bonds. The maximum atomic E-state index is 13.8. The van der Waals surface area contributed by atoms with Gasteiger partial charge in [0.05, 0.1) is 5.69 Å². The van der Waals surface area contributed by atoms with E-state index in [2.05, 4.69) is 4.98 Å². The summed E-state index contributed by atoms with van der Waals surface area (Å²) in [7, 11) is 0. The summed E-state index contributed by atoms with van der Waals surface area (Å²) in [5, 5.41) is 1.56. The van der Waals surface area contributed by atoms with E-state index in [0.717, 1.165) is 16.8 Å². The van der Waals surface area contributed by atoms with Crippen molar-refractivity contribution in [3.05, 3.63) is 93.5 Å². The summed E-state index contributed by atoms with van der Waals surface area (Å²) in [5.41, 5.74) is 13.9. The molecule has 4 N–H and O–H groups in total. The molecule has 2 atom stereocenters. The lowest BCUT2D eigenvalue weighted by Crippen LogP contribution is -2.68. The number of carbonyl (C=O) groups is 3. The average molecular weight is 553 g/mol. The largest absolute Gasteiger partial charge is 0.448 e. The summed E-state index contributed by atoms with van der Waals surface area (Å²) in [6.45, 7) is 0. The fourth-order valence-electron chi connectivity index (χ4n) is 4.11. The molecule has 2 aliphatic rings. The fourth-order valence-corrected chi connectivity index (χ4v) is 7.56. The van der Waals surface area contributed by atoms with E-state index < -0.39 is 18.1 Å². The SMILES string of the molecule is NC(=O)CCc1csc(SC2=C(C(=O)OC(c3ccccc3)c3ccccc3)N3C(=O)[C@@H](N)[C@H]3SC2)n1. The molecule has 0 spiro atoms. The molecule has 2 aliphatic heterocycles. The van der Waals surface area contributed by atoms with Crippen LogP contribution in [0, 0.1) is 0 Å². The first-order valence-corrected chi connectivity index (χ1v) is 14.3. The zero-order valence-electron chi connectivity index (χ0n) is 19.6. The topological polar surface area (TPSA) is 129 Å². The molecule has 1 saturated heterocycles. The highest BCUT2D eigenvalue weighted by molar-refractivity contribution is 8.07. The first-order chi connectivity index (χ1) is 17.9. The molecule has 1 aromatic heterocycles. The Labute approximate surface area is 226 Å². The molecule has 0 bridgehead atoms. The van der Waals surface area contributed by atoms with E-state index in [1.807, 2.05) is 66.0 Å². The average Bonchev–Trinajstić information content (AvgIpc) is 3.38. The molecule has 8 nitrogen and oxygen atoms in total. The molecule has 3 aromatic rings. The van der Waals surface area contributed by atoms with Gasteiger partial charge in [-0.25, -0.2) is 9.78 Å². The predicted octanol–water partition coefficient (Wildman–Crippen LogP) is 3.44. The fraction of sp³-hybridized carbons (Fsp3) is 0.231. The number of nitrogens with two attached hydrogens (primary N) is 2. The molecule has 1 fully saturated rings. The van der Waals surface area contributed by atoms with Crippen molar-refractivity contribution in [3.8, 4) is 0 Å². The van der Waals surface area contributed by atoms with Gasteiger partial charge in [-0.1, -0.05) is 72.4 Å². The van der Waals surface area contributed by atoms with Crippen molar-refractivity contribution in [2.24, 2.45) is 11.5 Å². The van der Waals surface area contributed by atoms with E-state index >= 15 is 0 Å². The molecule has 0 saturated carbocycles. The van der Waals surface area contributed by atoms with E-state index in [-0.39, 0.29) is 29.3 Å². The monoisotopic (exact) mass is 552 g/mol. The van der Waals surface area contributed by atoms with Crippen LogP contribution in [0.4, 0.5) is 0 Å². The third-order valence-electron chi connectivity index (χ3n) is 5.97. The number of aromatic nitrogens is 1. The number of thioether (sulfide) groups is 2. The van der Waals surface area contributed by atoms with Crippen LogP contribution in [-0.4, -0.2) is 44.8 Å². The number of aryl methyl sites for hydroxylation is 1. The van der Waals surface area contributed by atoms with E-state index in [1.54, 1.807) is 0 Å². The van der Waals surface area contributed by atoms with Crippen LogP contribution in [0.2, 0.25) is 0 Å². The van der Waals surface area contributed by atoms with Crippen molar-refractivity contribution >= 4 is 52.6 Å². The first-order valence-electron chi connectivity index (χ1n) is 11.6. The van der Waals surface area contributed by atoms with E-state index in [1.165, 1.54) is 39.8 Å². The minimum atomic E-state index is -0.654. The third kappa shape index (κ3) is 5.45. The van der Waals surface area contributed by atoms with Gasteiger partial charge in [0.1, 0.15) is 17.1 Å². The molecule has 3 heterocycles. The Bertz CT molecular complexity index is 1310. The number of carbonyl (C=O) groups excluding carboxylic acids is 3. The number of esters is 1. The van der Waals surface area contributed by atoms with Crippen molar-refractivity contribution in [2.45, 2.75) is 34.7 Å². The van der Waals surface area contributed by atoms with Crippen molar-refractivity contribution in [3.63, 3.8) is 0 Å². The minimum absolute atomic E-state index is 0.214. The van der Waals surface area contributed by atoms with Crippen LogP contribution in [0.5, 0.6) is 0 Å². The second kappa shape index (κ2) is 11.1. The van der Waals surface area contributed by atoms with Gasteiger partial charge >= 0.3 is 5.97 Å². The van der Waals surface area contributed by atoms with Crippen molar-refractivity contribution < 1.29 is 19.1 Å². The summed E-state index contributed by atoms with van der Waals surface area (Å²) in [5.74, 6) is -0.783. The Balaban J connectivity index is 1.46. The number of ether oxygens (including phenoxy) is 1. The summed E-state index contributed by atoms with van der Waals surface area (Å²) < 4.78 is 6.82. The summed E-state index contributed by atoms with van der Waals surface area (Å²) in [6, 6.07) is 18.3. The van der Waals surface area contributed by atoms with Gasteiger partial charge in [0.2, 0.25) is 11.8 Å². The molecule has 190 valence electrons. The third-order valence-corrected chi connectivity index (χ3v) is 9.52. The number of nitrogens with zero attached hydrogens (tertiary/aromatic N) is 2. The van der Waals surface area contributed by atoms with E-state index in [0.29, 0.717) is 21.4 Å². The molecule has 5 rings (SSSR count). The number of rotatable bonds is 9. The molecular weight excluding hydrogens is 529 g/mol. The Hall–Kier alpha value is -3.12. The highest BCUT2D eigenvalue weighted by atomic mass is 32.2. The maximum absolute atomic E-state index is 13.8. The van der Waals surface area contributed by atoms with Crippen LogP contribution in [0.25, 0.3) is 0 Å². The van der Waals surface area contributed by atoms with Crippen molar-refractivity contribution in [2.75, 3.05) is 5.75 Å². The van der Waals surface area contributed by atoms with Gasteiger partial charge in [0, 0.05) is 22.5 Å². The highest BCUT2D eigenvalue weighted by Crippen LogP contribution is 2.46. The van der Waals surface area contributed by atoms with Crippen LogP contribution < -0.4 is 11.5 Å². The van der Waals surface area contributed by atoms with Gasteiger partial charge in [-0.2, -0.15) is 0 Å². The van der Waals surface area contributed by atoms with Gasteiger partial charge in [0.15, 0.2) is 10.4 Å². The summed E-state index contributed by atoms with van der Waals surface area (Å²) >= 11 is 4.26. The second-order valence-electron chi connectivity index (χ2n) is 8.49. The van der Waals surface area contributed by atoms with Gasteiger partial charge in [0.25, 0.3) is 0 Å². The normalized spacial score (nSPS) is 19.0. The summed E-state index contributed by atoms with van der Waals surface area (Å²) in [6.07, 6.45) is 0.0190. The zero-order chi connectivity index (χ0) is 25.9. The number of amides is 2. The maximum Gasteiger partial charge on any atom is 0.356 e. The molecule has 37 heavy (non-hydrogen) atoms. The van der Waals surface area contributed by atoms with Crippen LogP contribution in [-0.2, 0) is 25.5 Å². The Kier molecular flexibility index (Phi) is 7.65. The van der Waals surface area contributed by atoms with Crippen LogP contribution in [0.3, 0.4) is 0 Å². The number of hydrogen-bond acceptors (Lipinski definition) is 9. The molecule has 0 radical (unpaired) electrons. The number of thiazole rings is 1. The molecule has 2 aromatic carbocycles. The van der Waals surface area contributed by atoms with Gasteiger partial charge in [-0.15, -0.1) is 23.1 Å². The van der Waals surface area contributed by atoms with Crippen molar-refractivity contribution in [1.82, 2.24) is 9.88 Å². The lowest BCUT2D eigenvalue weighted by molar-refractivity contribution is -0.152. The molecular formula is C26H24N4O4S3. The van der Waals surface area contributed by atoms with Gasteiger partial charge < -0.3 is 16.2 Å². The number of β-lactam (4-membered cyclic amide) rings is 1. The standard InChI is InChI=1S/C26H24N4O4S3/c27-19(31)12-11-17-13-36-26(29-17)37-18-14-35-24-20(28)23(32)30(24)21(18)25(33)34-22(15-7-3-1-4-8-15)16-9-5-2-6-10-16/h1-10,13,20,22,24H,11-12,14,28H2,(H2,27,31)/t20-,24-/m1/s1. The molecule has 0 unspecified atom stereocenters. The Morgan fingerprint density at radius 3 is 2.38 bits per heavy atom. The molecule has 11 heteroatoms. The minimum Gasteiger partial charge on any atom is -0.448 e. The van der Waals surface area contributed by atoms with Crippen LogP contribution in [0.15, 0.2) is 81.0 Å². The van der Waals surface area contributed by atoms with Crippen molar-refractivity contribution in [1.29, 1.82) is 0 Å². The Morgan fingerprint density at radius 2 is 1.76 bits per heavy atom. The first kappa shape index (κ1) is 25.5. The Morgan fingerprint density at radius 1 is 1.11 bits per heavy atom. The van der Waals surface area contributed by atoms with Gasteiger partial charge in [-0.3, -0.25) is 14.5 Å². The number of primary amides is 1. The van der Waals surface area contributed by atoms with Crippen LogP contribution >= 0.6 is 34.9 Å². The van der Waals surface area contributed by atoms with Gasteiger partial charge in [-0.05, 0) is 17.5 Å². The van der Waals surface area contributed by atoms with E-state index in [4.69, 9.17) is 16.2 Å². The zero-order valence-corrected chi connectivity index (χ0v) is 22.1. The number of benzene rings is 2. The molecule has 0 aliphatic carbocycles. The number of hydrogen-bond donors (Lipinski definition) is 2. The highest BCUT2D eigenvalue weighted by Gasteiger charge is 2.52. The van der Waals surface area contributed by atoms with E-state index in [9.17, 15) is 14.4 Å². The predicted molar refractivity (Wildman–Crippen MR) is 144 cm³/mol. The quantitative estimate of drug-likeness (QED) is 0.305. The van der Waals surface area contributed by atoms with Crippen LogP contribution in [0.1, 0.15) is 29.3 Å². The number of fused-ring (bicyclic) bond motifs is 1. The second-order valence-corrected chi connectivity index (χ2v) is 11.8. The smallest absolute Gasteiger partial charge is 0.356 e. The lowest BCUT2D eigenvalue weighted by Gasteiger charge is -2.48.